The van der Waals surface area contributed by atoms with E-state index >= 15 is 0 Å². The van der Waals surface area contributed by atoms with Crippen LogP contribution in [0.1, 0.15) is 18.6 Å². The highest BCUT2D eigenvalue weighted by atomic mass is 35.5. The fourth-order valence-corrected chi connectivity index (χ4v) is 2.90. The lowest BCUT2D eigenvalue weighted by molar-refractivity contribution is -0.944. The SMILES string of the molecule is C[C@H]1C(c2ccccc2)O[NH+]([O-])P1C.[Cl-]. The maximum Gasteiger partial charge on any atom is 0.154 e. The molecule has 1 aliphatic heterocycles. The molecule has 3 unspecified atom stereocenters. The van der Waals surface area contributed by atoms with Crippen molar-refractivity contribution in [1.82, 2.24) is 0 Å². The van der Waals surface area contributed by atoms with Crippen molar-refractivity contribution in [2.24, 2.45) is 0 Å². The summed E-state index contributed by atoms with van der Waals surface area (Å²) in [6.07, 6.45) is -0.0280. The summed E-state index contributed by atoms with van der Waals surface area (Å²) in [7, 11) is -0.611. The van der Waals surface area contributed by atoms with E-state index in [-0.39, 0.29) is 23.5 Å². The van der Waals surface area contributed by atoms with Gasteiger partial charge in [-0.2, -0.15) is 4.84 Å². The zero-order chi connectivity index (χ0) is 10.1. The minimum absolute atomic E-state index is 0. The molecular formula is C10H14ClNO2P-. The molecule has 0 bridgehead atoms. The first-order chi connectivity index (χ1) is 6.70. The molecule has 1 heterocycles. The third kappa shape index (κ3) is 2.49. The monoisotopic (exact) mass is 246 g/mol. The first-order valence-corrected chi connectivity index (χ1v) is 6.54. The smallest absolute Gasteiger partial charge is 0.154 e. The van der Waals surface area contributed by atoms with Crippen molar-refractivity contribution in [2.75, 3.05) is 6.66 Å². The van der Waals surface area contributed by atoms with Gasteiger partial charge in [0.05, 0.1) is 5.66 Å². The maximum atomic E-state index is 11.4. The van der Waals surface area contributed by atoms with Crippen molar-refractivity contribution in [2.45, 2.75) is 18.7 Å². The van der Waals surface area contributed by atoms with Gasteiger partial charge in [0.25, 0.3) is 0 Å². The van der Waals surface area contributed by atoms with Crippen molar-refractivity contribution < 1.29 is 22.2 Å². The van der Waals surface area contributed by atoms with Gasteiger partial charge in [0, 0.05) is 6.66 Å². The molecule has 0 aliphatic carbocycles. The van der Waals surface area contributed by atoms with Crippen molar-refractivity contribution >= 4 is 8.07 Å². The van der Waals surface area contributed by atoms with Crippen LogP contribution in [-0.2, 0) is 4.84 Å². The Bertz CT molecular complexity index is 312. The maximum absolute atomic E-state index is 11.4. The highest BCUT2D eigenvalue weighted by Crippen LogP contribution is 2.42. The zero-order valence-electron chi connectivity index (χ0n) is 8.68. The molecule has 1 saturated heterocycles. The first-order valence-electron chi connectivity index (χ1n) is 4.68. The van der Waals surface area contributed by atoms with Crippen LogP contribution in [0.5, 0.6) is 0 Å². The number of hydrogen-bond donors (Lipinski definition) is 1. The fraction of sp³-hybridized carbons (Fsp3) is 0.400. The van der Waals surface area contributed by atoms with E-state index in [2.05, 4.69) is 6.92 Å². The summed E-state index contributed by atoms with van der Waals surface area (Å²) in [5.41, 5.74) is 1.44. The van der Waals surface area contributed by atoms with Crippen LogP contribution in [0.2, 0.25) is 0 Å². The summed E-state index contributed by atoms with van der Waals surface area (Å²) in [6, 6.07) is 9.96. The third-order valence-corrected chi connectivity index (χ3v) is 4.87. The highest BCUT2D eigenvalue weighted by molar-refractivity contribution is 7.50. The van der Waals surface area contributed by atoms with Gasteiger partial charge in [-0.1, -0.05) is 37.3 Å². The molecule has 2 rings (SSSR count). The summed E-state index contributed by atoms with van der Waals surface area (Å²) in [4.78, 5) is 5.35. The van der Waals surface area contributed by atoms with Crippen molar-refractivity contribution in [1.29, 1.82) is 0 Å². The minimum atomic E-state index is -0.611. The van der Waals surface area contributed by atoms with Crippen molar-refractivity contribution in [3.63, 3.8) is 0 Å². The molecule has 0 saturated carbocycles. The minimum Gasteiger partial charge on any atom is -1.00 e. The highest BCUT2D eigenvalue weighted by Gasteiger charge is 2.40. The summed E-state index contributed by atoms with van der Waals surface area (Å²) in [5.74, 6) is 0. The Morgan fingerprint density at radius 1 is 1.33 bits per heavy atom. The number of rotatable bonds is 1. The van der Waals surface area contributed by atoms with Crippen LogP contribution in [0.15, 0.2) is 30.3 Å². The van der Waals surface area contributed by atoms with Gasteiger partial charge in [0.15, 0.2) is 6.10 Å². The second-order valence-electron chi connectivity index (χ2n) is 3.57. The van der Waals surface area contributed by atoms with Gasteiger partial charge < -0.3 is 17.6 Å². The van der Waals surface area contributed by atoms with E-state index in [1.54, 1.807) is 0 Å². The molecule has 1 aromatic carbocycles. The number of benzene rings is 1. The van der Waals surface area contributed by atoms with Gasteiger partial charge in [0.2, 0.25) is 0 Å². The van der Waals surface area contributed by atoms with Crippen LogP contribution in [0, 0.1) is 5.21 Å². The van der Waals surface area contributed by atoms with Gasteiger partial charge >= 0.3 is 0 Å². The first kappa shape index (κ1) is 12.9. The topological polar surface area (TPSA) is 36.7 Å². The Morgan fingerprint density at radius 2 is 1.93 bits per heavy atom. The zero-order valence-corrected chi connectivity index (χ0v) is 10.3. The average Bonchev–Trinajstić information content (AvgIpc) is 2.47. The quantitative estimate of drug-likeness (QED) is 0.483. The molecule has 84 valence electrons. The summed E-state index contributed by atoms with van der Waals surface area (Å²) >= 11 is 0. The van der Waals surface area contributed by atoms with E-state index in [0.29, 0.717) is 5.66 Å². The Labute approximate surface area is 97.2 Å². The molecular weight excluding hydrogens is 233 g/mol. The van der Waals surface area contributed by atoms with Gasteiger partial charge in [-0.05, 0) is 5.56 Å². The lowest BCUT2D eigenvalue weighted by atomic mass is 10.1. The molecule has 4 atom stereocenters. The molecule has 1 aromatic rings. The molecule has 15 heavy (non-hydrogen) atoms. The van der Waals surface area contributed by atoms with E-state index < -0.39 is 8.07 Å². The Kier molecular flexibility index (Phi) is 4.50. The molecule has 1 N–H and O–H groups in total. The molecule has 5 heteroatoms. The van der Waals surface area contributed by atoms with Crippen molar-refractivity contribution in [3.05, 3.63) is 41.1 Å². The summed E-state index contributed by atoms with van der Waals surface area (Å²) < 4.78 is 0. The lowest BCUT2D eigenvalue weighted by Gasteiger charge is -2.16. The molecule has 0 radical (unpaired) electrons. The Hall–Kier alpha value is -0.180. The lowest BCUT2D eigenvalue weighted by Crippen LogP contribution is -3.00. The largest absolute Gasteiger partial charge is 1.00 e. The molecule has 0 spiro atoms. The number of halogens is 1. The molecule has 0 aromatic heterocycles. The number of hydrogen-bond acceptors (Lipinski definition) is 2. The summed E-state index contributed by atoms with van der Waals surface area (Å²) in [5, 5.41) is 11.4. The van der Waals surface area contributed by atoms with E-state index in [1.807, 2.05) is 37.0 Å². The Morgan fingerprint density at radius 3 is 2.40 bits per heavy atom. The standard InChI is InChI=1S/C10H14NO2P.ClH/c1-8-10(13-11(12)14(8)2)9-6-4-3-5-7-9;/h3-8,10-11H,1-2H3;1H/p-1/t8-,10?,14?;/m0./s1. The normalized spacial score (nSPS) is 34.9. The van der Waals surface area contributed by atoms with E-state index in [1.165, 1.54) is 0 Å². The van der Waals surface area contributed by atoms with E-state index in [0.717, 1.165) is 5.56 Å². The summed E-state index contributed by atoms with van der Waals surface area (Å²) in [6.45, 7) is 4.08. The van der Waals surface area contributed by atoms with Gasteiger partial charge in [0.1, 0.15) is 8.07 Å². The van der Waals surface area contributed by atoms with Gasteiger partial charge in [-0.3, -0.25) is 0 Å². The third-order valence-electron chi connectivity index (χ3n) is 2.69. The Balaban J connectivity index is 0.00000112. The van der Waals surface area contributed by atoms with Crippen LogP contribution in [-0.4, -0.2) is 12.3 Å². The van der Waals surface area contributed by atoms with Crippen LogP contribution in [0.25, 0.3) is 0 Å². The van der Waals surface area contributed by atoms with Crippen LogP contribution < -0.4 is 17.4 Å². The second kappa shape index (κ2) is 5.24. The number of quaternary nitrogens is 1. The molecule has 3 nitrogen and oxygen atoms in total. The second-order valence-corrected chi connectivity index (χ2v) is 5.97. The average molecular weight is 247 g/mol. The van der Waals surface area contributed by atoms with Gasteiger partial charge in [-0.25, -0.2) is 5.00 Å². The molecule has 0 amide bonds. The van der Waals surface area contributed by atoms with E-state index in [9.17, 15) is 5.21 Å². The van der Waals surface area contributed by atoms with Crippen LogP contribution >= 0.6 is 8.07 Å². The fourth-order valence-electron chi connectivity index (χ4n) is 1.65. The number of nitrogens with one attached hydrogen (secondary N) is 1. The van der Waals surface area contributed by atoms with Crippen molar-refractivity contribution in [3.8, 4) is 0 Å². The predicted octanol–water partition coefficient (Wildman–Crippen LogP) is -1.53. The van der Waals surface area contributed by atoms with Crippen LogP contribution in [0.4, 0.5) is 0 Å². The van der Waals surface area contributed by atoms with E-state index in [4.69, 9.17) is 4.84 Å². The van der Waals surface area contributed by atoms with Crippen LogP contribution in [0.3, 0.4) is 0 Å². The van der Waals surface area contributed by atoms with Gasteiger partial charge in [-0.15, -0.1) is 0 Å². The molecule has 1 aliphatic rings. The predicted molar refractivity (Wildman–Crippen MR) is 56.9 cm³/mol. The molecule has 1 fully saturated rings.